The minimum atomic E-state index is -0.988. The number of rotatable bonds is 2. The summed E-state index contributed by atoms with van der Waals surface area (Å²) >= 11 is 0. The molecule has 0 spiro atoms. The molecule has 24 heavy (non-hydrogen) atoms. The Kier molecular flexibility index (Phi) is 3.75. The van der Waals surface area contributed by atoms with Gasteiger partial charge >= 0.3 is 0 Å². The molecule has 0 saturated carbocycles. The van der Waals surface area contributed by atoms with Crippen LogP contribution in [0.15, 0.2) is 48.5 Å². The molecule has 2 aromatic rings. The molecule has 0 amide bonds. The van der Waals surface area contributed by atoms with Crippen LogP contribution < -0.4 is 0 Å². The summed E-state index contributed by atoms with van der Waals surface area (Å²) in [7, 11) is 4.18. The largest absolute Gasteiger partial charge is 0.381 e. The number of hydrogen-bond donors (Lipinski definition) is 1. The predicted molar refractivity (Wildman–Crippen MR) is 95.1 cm³/mol. The molecule has 3 heteroatoms. The van der Waals surface area contributed by atoms with Crippen LogP contribution in [-0.4, -0.2) is 36.8 Å². The highest BCUT2D eigenvalue weighted by Gasteiger charge is 2.45. The minimum absolute atomic E-state index is 0.0151. The van der Waals surface area contributed by atoms with E-state index in [0.717, 1.165) is 29.7 Å². The Bertz CT molecular complexity index is 696. The van der Waals surface area contributed by atoms with Crippen molar-refractivity contribution in [2.45, 2.75) is 37.1 Å². The topological polar surface area (TPSA) is 32.7 Å². The summed E-state index contributed by atoms with van der Waals surface area (Å²) in [5.74, 6) is 0.293. The molecule has 2 aromatic carbocycles. The van der Waals surface area contributed by atoms with Crippen LogP contribution in [0.25, 0.3) is 0 Å². The number of likely N-dealkylation sites (N-methyl/N-ethyl adjacent to an activating group) is 1. The molecule has 126 valence electrons. The van der Waals surface area contributed by atoms with Crippen LogP contribution in [0.1, 0.15) is 47.6 Å². The normalized spacial score (nSPS) is 31.3. The second kappa shape index (κ2) is 5.69. The molecule has 4 atom stereocenters. The smallest absolute Gasteiger partial charge is 0.112 e. The molecule has 1 N–H and O–H groups in total. The predicted octanol–water partition coefficient (Wildman–Crippen LogP) is 3.43. The Morgan fingerprint density at radius 3 is 2.29 bits per heavy atom. The number of nitrogens with zero attached hydrogens (tertiary/aromatic N) is 1. The highest BCUT2D eigenvalue weighted by molar-refractivity contribution is 5.50. The van der Waals surface area contributed by atoms with Crippen LogP contribution in [0, 0.1) is 0 Å². The average molecular weight is 323 g/mol. The highest BCUT2D eigenvalue weighted by atomic mass is 16.5. The van der Waals surface area contributed by atoms with E-state index in [4.69, 9.17) is 4.74 Å². The van der Waals surface area contributed by atoms with Crippen molar-refractivity contribution in [1.29, 1.82) is 0 Å². The van der Waals surface area contributed by atoms with E-state index >= 15 is 0 Å². The number of aliphatic hydroxyl groups is 1. The maximum absolute atomic E-state index is 11.4. The summed E-state index contributed by atoms with van der Waals surface area (Å²) in [5.41, 5.74) is 3.35. The molecule has 4 rings (SSSR count). The van der Waals surface area contributed by atoms with Gasteiger partial charge in [0.15, 0.2) is 0 Å². The van der Waals surface area contributed by atoms with Gasteiger partial charge in [-0.05, 0) is 49.7 Å². The molecule has 1 aliphatic carbocycles. The van der Waals surface area contributed by atoms with Crippen molar-refractivity contribution in [3.63, 3.8) is 0 Å². The molecule has 0 radical (unpaired) electrons. The lowest BCUT2D eigenvalue weighted by Gasteiger charge is -2.27. The van der Waals surface area contributed by atoms with E-state index in [-0.39, 0.29) is 12.2 Å². The Hall–Kier alpha value is -1.68. The molecule has 1 fully saturated rings. The van der Waals surface area contributed by atoms with Gasteiger partial charge in [0.2, 0.25) is 0 Å². The summed E-state index contributed by atoms with van der Waals surface area (Å²) in [6.07, 6.45) is 1.23. The van der Waals surface area contributed by atoms with Gasteiger partial charge in [-0.15, -0.1) is 0 Å². The van der Waals surface area contributed by atoms with Gasteiger partial charge in [-0.1, -0.05) is 48.5 Å². The monoisotopic (exact) mass is 323 g/mol. The summed E-state index contributed by atoms with van der Waals surface area (Å²) in [5, 5.41) is 11.4. The second-order valence-corrected chi connectivity index (χ2v) is 7.53. The van der Waals surface area contributed by atoms with Crippen LogP contribution in [0.3, 0.4) is 0 Å². The Labute approximate surface area is 143 Å². The maximum atomic E-state index is 11.4. The quantitative estimate of drug-likeness (QED) is 0.919. The van der Waals surface area contributed by atoms with Crippen molar-refractivity contribution in [3.05, 3.63) is 70.8 Å². The van der Waals surface area contributed by atoms with Gasteiger partial charge < -0.3 is 14.7 Å². The van der Waals surface area contributed by atoms with Crippen molar-refractivity contribution >= 4 is 0 Å². The van der Waals surface area contributed by atoms with Crippen LogP contribution >= 0.6 is 0 Å². The fourth-order valence-corrected chi connectivity index (χ4v) is 4.47. The zero-order chi connectivity index (χ0) is 16.9. The highest BCUT2D eigenvalue weighted by Crippen LogP contribution is 2.52. The SMILES string of the molecule is CN(C)CC1CC2c3ccccc3C(C)(O)c3ccccc3C2O1. The zero-order valence-electron chi connectivity index (χ0n) is 14.6. The first-order valence-electron chi connectivity index (χ1n) is 8.70. The van der Waals surface area contributed by atoms with Gasteiger partial charge in [-0.2, -0.15) is 0 Å². The lowest BCUT2D eigenvalue weighted by Crippen LogP contribution is -2.27. The van der Waals surface area contributed by atoms with Gasteiger partial charge in [0.25, 0.3) is 0 Å². The molecular formula is C21H25NO2. The number of hydrogen-bond acceptors (Lipinski definition) is 3. The summed E-state index contributed by atoms with van der Waals surface area (Å²) in [6.45, 7) is 2.83. The van der Waals surface area contributed by atoms with E-state index in [1.807, 2.05) is 31.2 Å². The fraction of sp³-hybridized carbons (Fsp3) is 0.429. The van der Waals surface area contributed by atoms with Gasteiger partial charge in [-0.3, -0.25) is 0 Å². The third-order valence-corrected chi connectivity index (χ3v) is 5.47. The van der Waals surface area contributed by atoms with Crippen LogP contribution in [-0.2, 0) is 10.3 Å². The number of ether oxygens (including phenoxy) is 1. The molecular weight excluding hydrogens is 298 g/mol. The molecule has 1 aliphatic heterocycles. The standard InChI is InChI=1S/C21H25NO2/c1-21(23)18-10-6-4-8-15(18)17-12-14(13-22(2)3)24-20(17)16-9-5-7-11-19(16)21/h4-11,14,17,20,23H,12-13H2,1-3H3. The first kappa shape index (κ1) is 15.8. The van der Waals surface area contributed by atoms with E-state index < -0.39 is 5.60 Å². The van der Waals surface area contributed by atoms with Gasteiger partial charge in [0.05, 0.1) is 12.2 Å². The van der Waals surface area contributed by atoms with Gasteiger partial charge in [0, 0.05) is 12.5 Å². The van der Waals surface area contributed by atoms with Gasteiger partial charge in [0.1, 0.15) is 5.60 Å². The third-order valence-electron chi connectivity index (χ3n) is 5.47. The first-order valence-corrected chi connectivity index (χ1v) is 8.70. The van der Waals surface area contributed by atoms with Crippen molar-refractivity contribution in [3.8, 4) is 0 Å². The zero-order valence-corrected chi connectivity index (χ0v) is 14.6. The summed E-state index contributed by atoms with van der Waals surface area (Å²) in [4.78, 5) is 2.18. The first-order chi connectivity index (χ1) is 11.5. The van der Waals surface area contributed by atoms with E-state index in [0.29, 0.717) is 5.92 Å². The van der Waals surface area contributed by atoms with E-state index in [2.05, 4.69) is 43.3 Å². The fourth-order valence-electron chi connectivity index (χ4n) is 4.47. The Balaban J connectivity index is 1.88. The Morgan fingerprint density at radius 2 is 1.62 bits per heavy atom. The van der Waals surface area contributed by atoms with Crippen molar-refractivity contribution < 1.29 is 9.84 Å². The molecule has 1 saturated heterocycles. The van der Waals surface area contributed by atoms with Crippen LogP contribution in [0.2, 0.25) is 0 Å². The van der Waals surface area contributed by atoms with E-state index in [1.165, 1.54) is 5.56 Å². The average Bonchev–Trinajstić information content (AvgIpc) is 2.94. The summed E-state index contributed by atoms with van der Waals surface area (Å²) in [6, 6.07) is 16.5. The van der Waals surface area contributed by atoms with Gasteiger partial charge in [-0.25, -0.2) is 0 Å². The van der Waals surface area contributed by atoms with Crippen molar-refractivity contribution in [2.24, 2.45) is 0 Å². The van der Waals surface area contributed by atoms with Crippen molar-refractivity contribution in [2.75, 3.05) is 20.6 Å². The molecule has 0 aromatic heterocycles. The molecule has 4 unspecified atom stereocenters. The molecule has 3 nitrogen and oxygen atoms in total. The Morgan fingerprint density at radius 1 is 1.04 bits per heavy atom. The number of benzene rings is 2. The lowest BCUT2D eigenvalue weighted by atomic mass is 9.83. The van der Waals surface area contributed by atoms with E-state index in [9.17, 15) is 5.11 Å². The van der Waals surface area contributed by atoms with E-state index in [1.54, 1.807) is 0 Å². The lowest BCUT2D eigenvalue weighted by molar-refractivity contribution is 0.0254. The van der Waals surface area contributed by atoms with Crippen molar-refractivity contribution in [1.82, 2.24) is 4.90 Å². The minimum Gasteiger partial charge on any atom is -0.381 e. The maximum Gasteiger partial charge on any atom is 0.112 e. The van der Waals surface area contributed by atoms with Crippen LogP contribution in [0.5, 0.6) is 0 Å². The van der Waals surface area contributed by atoms with Crippen LogP contribution in [0.4, 0.5) is 0 Å². The molecule has 1 heterocycles. The third kappa shape index (κ3) is 2.39. The second-order valence-electron chi connectivity index (χ2n) is 7.53. The summed E-state index contributed by atoms with van der Waals surface area (Å²) < 4.78 is 6.48. The number of fused-ring (bicyclic) bond motifs is 5. The molecule has 0 bridgehead atoms. The molecule has 2 aliphatic rings.